The number of nitro benzene ring substituents is 1. The van der Waals surface area contributed by atoms with Crippen LogP contribution in [0.5, 0.6) is 5.75 Å². The highest BCUT2D eigenvalue weighted by Crippen LogP contribution is 2.27. The van der Waals surface area contributed by atoms with E-state index in [2.05, 4.69) is 0 Å². The second-order valence-corrected chi connectivity index (χ2v) is 4.51. The lowest BCUT2D eigenvalue weighted by Crippen LogP contribution is -2.08. The van der Waals surface area contributed by atoms with E-state index in [0.717, 1.165) is 0 Å². The maximum Gasteiger partial charge on any atom is 0.287 e. The molecule has 0 spiro atoms. The summed E-state index contributed by atoms with van der Waals surface area (Å²) in [6.45, 7) is 0.628. The van der Waals surface area contributed by atoms with Crippen LogP contribution in [0.3, 0.4) is 0 Å². The van der Waals surface area contributed by atoms with E-state index in [1.807, 2.05) is 6.07 Å². The van der Waals surface area contributed by atoms with Crippen molar-refractivity contribution in [1.82, 2.24) is 0 Å². The number of ether oxygens (including phenoxy) is 1. The lowest BCUT2D eigenvalue weighted by Gasteiger charge is -2.11. The third kappa shape index (κ3) is 2.77. The summed E-state index contributed by atoms with van der Waals surface area (Å²) in [5.74, 6) is 1.11. The Morgan fingerprint density at radius 1 is 1.44 bits per heavy atom. The molecule has 0 radical (unpaired) electrons. The summed E-state index contributed by atoms with van der Waals surface area (Å²) < 4.78 is 5.59. The molecule has 0 atom stereocenters. The van der Waals surface area contributed by atoms with E-state index in [1.54, 1.807) is 6.07 Å². The van der Waals surface area contributed by atoms with Gasteiger partial charge in [0.05, 0.1) is 11.5 Å². The largest absolute Gasteiger partial charge is 0.493 e. The topological polar surface area (TPSA) is 76.2 Å². The average Bonchev–Trinajstić information content (AvgIpc) is 2.88. The van der Waals surface area contributed by atoms with Crippen molar-refractivity contribution in [3.8, 4) is 11.8 Å². The second-order valence-electron chi connectivity index (χ2n) is 4.51. The summed E-state index contributed by atoms with van der Waals surface area (Å²) in [4.78, 5) is 10.1. The summed E-state index contributed by atoms with van der Waals surface area (Å²) in [5.41, 5.74) is -0.130. The van der Waals surface area contributed by atoms with Crippen LogP contribution in [0.4, 0.5) is 5.69 Å². The molecule has 1 aromatic carbocycles. The van der Waals surface area contributed by atoms with Gasteiger partial charge in [0.2, 0.25) is 0 Å². The lowest BCUT2D eigenvalue weighted by molar-refractivity contribution is -0.385. The zero-order valence-corrected chi connectivity index (χ0v) is 9.96. The van der Waals surface area contributed by atoms with E-state index in [9.17, 15) is 10.1 Å². The van der Waals surface area contributed by atoms with Crippen LogP contribution >= 0.6 is 0 Å². The summed E-state index contributed by atoms with van der Waals surface area (Å²) >= 11 is 0. The Kier molecular flexibility index (Phi) is 3.78. The lowest BCUT2D eigenvalue weighted by atomic mass is 10.1. The molecule has 1 fully saturated rings. The van der Waals surface area contributed by atoms with E-state index in [4.69, 9.17) is 10.00 Å². The van der Waals surface area contributed by atoms with E-state index in [1.165, 1.54) is 37.8 Å². The first kappa shape index (κ1) is 12.4. The number of nitriles is 1. The molecule has 1 saturated carbocycles. The highest BCUT2D eigenvalue weighted by Gasteiger charge is 2.17. The maximum absolute atomic E-state index is 10.7. The van der Waals surface area contributed by atoms with Crippen LogP contribution in [0.25, 0.3) is 0 Å². The standard InChI is InChI=1S/C13H14N2O3/c14-8-11-7-12(5-6-13(11)15(16)17)18-9-10-3-1-2-4-10/h5-7,10H,1-4,9H2. The normalized spacial score (nSPS) is 15.3. The van der Waals surface area contributed by atoms with Crippen LogP contribution in [0.1, 0.15) is 31.2 Å². The van der Waals surface area contributed by atoms with Crippen LogP contribution in [-0.2, 0) is 0 Å². The first-order valence-corrected chi connectivity index (χ1v) is 6.02. The fourth-order valence-electron chi connectivity index (χ4n) is 2.24. The van der Waals surface area contributed by atoms with Crippen molar-refractivity contribution in [3.05, 3.63) is 33.9 Å². The third-order valence-corrected chi connectivity index (χ3v) is 3.25. The minimum Gasteiger partial charge on any atom is -0.493 e. The van der Waals surface area contributed by atoms with Crippen molar-refractivity contribution < 1.29 is 9.66 Å². The first-order valence-electron chi connectivity index (χ1n) is 6.02. The molecule has 0 aromatic heterocycles. The quantitative estimate of drug-likeness (QED) is 0.604. The molecule has 2 rings (SSSR count). The monoisotopic (exact) mass is 246 g/mol. The Bertz CT molecular complexity index is 487. The molecular weight excluding hydrogens is 232 g/mol. The predicted molar refractivity (Wildman–Crippen MR) is 65.3 cm³/mol. The molecule has 0 amide bonds. The molecule has 0 bridgehead atoms. The average molecular weight is 246 g/mol. The molecule has 5 heteroatoms. The fourth-order valence-corrected chi connectivity index (χ4v) is 2.24. The Morgan fingerprint density at radius 3 is 2.78 bits per heavy atom. The fraction of sp³-hybridized carbons (Fsp3) is 0.462. The van der Waals surface area contributed by atoms with Gasteiger partial charge in [-0.15, -0.1) is 0 Å². The number of nitrogens with zero attached hydrogens (tertiary/aromatic N) is 2. The maximum atomic E-state index is 10.7. The van der Waals surface area contributed by atoms with Crippen molar-refractivity contribution in [2.24, 2.45) is 5.92 Å². The van der Waals surface area contributed by atoms with Gasteiger partial charge in [-0.2, -0.15) is 5.26 Å². The highest BCUT2D eigenvalue weighted by molar-refractivity contribution is 5.52. The van der Waals surface area contributed by atoms with Crippen molar-refractivity contribution in [2.45, 2.75) is 25.7 Å². The molecule has 18 heavy (non-hydrogen) atoms. The molecule has 5 nitrogen and oxygen atoms in total. The van der Waals surface area contributed by atoms with Crippen LogP contribution in [0, 0.1) is 27.4 Å². The van der Waals surface area contributed by atoms with Gasteiger partial charge in [0, 0.05) is 12.1 Å². The Hall–Kier alpha value is -2.09. The number of benzene rings is 1. The molecule has 0 aliphatic heterocycles. The Balaban J connectivity index is 2.05. The zero-order valence-electron chi connectivity index (χ0n) is 9.96. The van der Waals surface area contributed by atoms with Gasteiger partial charge in [-0.3, -0.25) is 10.1 Å². The van der Waals surface area contributed by atoms with Gasteiger partial charge in [0.15, 0.2) is 0 Å². The minimum atomic E-state index is -0.556. The molecule has 1 aliphatic rings. The van der Waals surface area contributed by atoms with Crippen LogP contribution < -0.4 is 4.74 Å². The first-order chi connectivity index (χ1) is 8.70. The minimum absolute atomic E-state index is 0.0453. The van der Waals surface area contributed by atoms with Gasteiger partial charge in [-0.1, -0.05) is 12.8 Å². The van der Waals surface area contributed by atoms with Crippen molar-refractivity contribution >= 4 is 5.69 Å². The summed E-state index contributed by atoms with van der Waals surface area (Å²) in [7, 11) is 0. The van der Waals surface area contributed by atoms with E-state index in [-0.39, 0.29) is 11.3 Å². The predicted octanol–water partition coefficient (Wildman–Crippen LogP) is 3.04. The molecule has 1 aliphatic carbocycles. The van der Waals surface area contributed by atoms with Gasteiger partial charge < -0.3 is 4.74 Å². The summed E-state index contributed by atoms with van der Waals surface area (Å²) in [5, 5.41) is 19.5. The number of nitro groups is 1. The zero-order chi connectivity index (χ0) is 13.0. The van der Waals surface area contributed by atoms with E-state index in [0.29, 0.717) is 18.3 Å². The smallest absolute Gasteiger partial charge is 0.287 e. The number of rotatable bonds is 4. The van der Waals surface area contributed by atoms with Gasteiger partial charge >= 0.3 is 0 Å². The molecule has 0 unspecified atom stereocenters. The van der Waals surface area contributed by atoms with E-state index >= 15 is 0 Å². The number of hydrogen-bond donors (Lipinski definition) is 0. The molecular formula is C13H14N2O3. The Labute approximate surface area is 105 Å². The number of hydrogen-bond acceptors (Lipinski definition) is 4. The van der Waals surface area contributed by atoms with Crippen molar-refractivity contribution in [1.29, 1.82) is 5.26 Å². The summed E-state index contributed by atoms with van der Waals surface area (Å²) in [6, 6.07) is 6.13. The van der Waals surface area contributed by atoms with Gasteiger partial charge in [-0.25, -0.2) is 0 Å². The van der Waals surface area contributed by atoms with Crippen LogP contribution in [0.2, 0.25) is 0 Å². The molecule has 0 N–H and O–H groups in total. The van der Waals surface area contributed by atoms with E-state index < -0.39 is 4.92 Å². The highest BCUT2D eigenvalue weighted by atomic mass is 16.6. The third-order valence-electron chi connectivity index (χ3n) is 3.25. The van der Waals surface area contributed by atoms with Gasteiger partial charge in [0.25, 0.3) is 5.69 Å². The SMILES string of the molecule is N#Cc1cc(OCC2CCCC2)ccc1[N+](=O)[O-]. The van der Waals surface area contributed by atoms with Gasteiger partial charge in [-0.05, 0) is 24.8 Å². The van der Waals surface area contributed by atoms with Crippen molar-refractivity contribution in [2.75, 3.05) is 6.61 Å². The van der Waals surface area contributed by atoms with Gasteiger partial charge in [0.1, 0.15) is 17.4 Å². The van der Waals surface area contributed by atoms with Crippen molar-refractivity contribution in [3.63, 3.8) is 0 Å². The van der Waals surface area contributed by atoms with Crippen LogP contribution in [-0.4, -0.2) is 11.5 Å². The Morgan fingerprint density at radius 2 is 2.17 bits per heavy atom. The molecule has 1 aromatic rings. The molecule has 94 valence electrons. The van der Waals surface area contributed by atoms with Crippen LogP contribution in [0.15, 0.2) is 18.2 Å². The second kappa shape index (κ2) is 5.50. The molecule has 0 saturated heterocycles. The molecule has 0 heterocycles. The summed E-state index contributed by atoms with van der Waals surface area (Å²) in [6.07, 6.45) is 4.85.